The molecule has 6 heteroatoms. The third-order valence-electron chi connectivity index (χ3n) is 4.72. The van der Waals surface area contributed by atoms with Crippen LogP contribution in [0, 0.1) is 10.8 Å². The van der Waals surface area contributed by atoms with Crippen LogP contribution in [0.4, 0.5) is 0 Å². The van der Waals surface area contributed by atoms with E-state index in [0.29, 0.717) is 0 Å². The van der Waals surface area contributed by atoms with Gasteiger partial charge >= 0.3 is 138 Å². The molecule has 1 saturated carbocycles. The SMILES string of the molecule is C[I-]C(C(=O)OCOC1C(C)(C)CCC1(C)C)C1(C)NN1. The summed E-state index contributed by atoms with van der Waals surface area (Å²) >= 11 is -0.249. The van der Waals surface area contributed by atoms with Crippen molar-refractivity contribution in [2.75, 3.05) is 11.7 Å². The fourth-order valence-corrected chi connectivity index (χ4v) is 5.66. The van der Waals surface area contributed by atoms with Crippen molar-refractivity contribution in [3.05, 3.63) is 0 Å². The van der Waals surface area contributed by atoms with E-state index in [2.05, 4.69) is 43.5 Å². The minimum atomic E-state index is -0.273. The van der Waals surface area contributed by atoms with Crippen LogP contribution in [0.5, 0.6) is 0 Å². The van der Waals surface area contributed by atoms with Crippen molar-refractivity contribution in [2.45, 2.75) is 63.2 Å². The van der Waals surface area contributed by atoms with Crippen LogP contribution in [0.25, 0.3) is 0 Å². The molecule has 0 spiro atoms. The molecule has 0 radical (unpaired) electrons. The molecule has 1 atom stereocenters. The van der Waals surface area contributed by atoms with E-state index < -0.39 is 0 Å². The Morgan fingerprint density at radius 2 is 1.71 bits per heavy atom. The number of nitrogens with one attached hydrogen (secondary N) is 2. The Labute approximate surface area is 138 Å². The van der Waals surface area contributed by atoms with Gasteiger partial charge in [-0.05, 0) is 0 Å². The summed E-state index contributed by atoms with van der Waals surface area (Å²) in [6.45, 7) is 11.0. The van der Waals surface area contributed by atoms with Crippen molar-refractivity contribution in [2.24, 2.45) is 10.8 Å². The first kappa shape index (κ1) is 17.4. The summed E-state index contributed by atoms with van der Waals surface area (Å²) in [5, 5.41) is 0. The Balaban J connectivity index is 1.85. The molecule has 1 saturated heterocycles. The Morgan fingerprint density at radius 1 is 1.19 bits per heavy atom. The molecule has 0 bridgehead atoms. The normalized spacial score (nSPS) is 27.5. The summed E-state index contributed by atoms with van der Waals surface area (Å²) in [4.78, 5) is 14.3. The molecule has 124 valence electrons. The van der Waals surface area contributed by atoms with Gasteiger partial charge in [-0.1, -0.05) is 0 Å². The molecular weight excluding hydrogens is 383 g/mol. The van der Waals surface area contributed by atoms with E-state index in [9.17, 15) is 4.79 Å². The number of hydrazine groups is 1. The first-order valence-electron chi connectivity index (χ1n) is 7.43. The summed E-state index contributed by atoms with van der Waals surface area (Å²) < 4.78 is 11.3. The van der Waals surface area contributed by atoms with Gasteiger partial charge in [-0.15, -0.1) is 0 Å². The monoisotopic (exact) mass is 411 g/mol. The van der Waals surface area contributed by atoms with Crippen LogP contribution in [0.15, 0.2) is 0 Å². The predicted molar refractivity (Wildman–Crippen MR) is 77.0 cm³/mol. The predicted octanol–water partition coefficient (Wildman–Crippen LogP) is -1.37. The quantitative estimate of drug-likeness (QED) is 0.185. The van der Waals surface area contributed by atoms with Gasteiger partial charge in [0.05, 0.1) is 0 Å². The maximum atomic E-state index is 12.2. The van der Waals surface area contributed by atoms with Gasteiger partial charge in [0.2, 0.25) is 0 Å². The fraction of sp³-hybridized carbons (Fsp3) is 0.933. The van der Waals surface area contributed by atoms with Gasteiger partial charge in [0.1, 0.15) is 0 Å². The van der Waals surface area contributed by atoms with Crippen molar-refractivity contribution in [3.63, 3.8) is 0 Å². The molecule has 2 aliphatic rings. The molecule has 2 fully saturated rings. The van der Waals surface area contributed by atoms with Crippen LogP contribution in [0.2, 0.25) is 0 Å². The Bertz CT molecular complexity index is 392. The van der Waals surface area contributed by atoms with Gasteiger partial charge in [0.15, 0.2) is 0 Å². The second-order valence-electron chi connectivity index (χ2n) is 7.64. The number of hydrogen-bond acceptors (Lipinski definition) is 5. The molecule has 1 aliphatic carbocycles. The topological polar surface area (TPSA) is 79.4 Å². The standard InChI is InChI=1S/C15H28IN2O3/c1-13(2)7-8-14(3,4)12(13)21-9-20-11(19)10(16-6)15(5)17-18-15/h10,12,17-18H,7-9H2,1-6H3/q-1. The number of esters is 1. The maximum absolute atomic E-state index is 12.2. The summed E-state index contributed by atoms with van der Waals surface area (Å²) in [7, 11) is 0. The van der Waals surface area contributed by atoms with Gasteiger partial charge in [-0.3, -0.25) is 0 Å². The van der Waals surface area contributed by atoms with Gasteiger partial charge in [0.25, 0.3) is 0 Å². The number of halogens is 1. The van der Waals surface area contributed by atoms with Gasteiger partial charge in [0, 0.05) is 0 Å². The van der Waals surface area contributed by atoms with Crippen molar-refractivity contribution in [1.82, 2.24) is 10.9 Å². The number of rotatable bonds is 6. The van der Waals surface area contributed by atoms with E-state index in [1.165, 1.54) is 0 Å². The molecule has 21 heavy (non-hydrogen) atoms. The van der Waals surface area contributed by atoms with E-state index in [1.807, 2.05) is 6.92 Å². The zero-order valence-corrected chi connectivity index (χ0v) is 16.0. The van der Waals surface area contributed by atoms with E-state index in [4.69, 9.17) is 9.47 Å². The molecular formula is C15H28IN2O3-. The van der Waals surface area contributed by atoms with Crippen molar-refractivity contribution >= 4 is 5.97 Å². The van der Waals surface area contributed by atoms with Crippen LogP contribution in [0.3, 0.4) is 0 Å². The average Bonchev–Trinajstić information content (AvgIpc) is 3.06. The molecule has 1 unspecified atom stereocenters. The zero-order chi connectivity index (χ0) is 15.9. The first-order chi connectivity index (χ1) is 9.62. The molecule has 0 aromatic heterocycles. The fourth-order valence-electron chi connectivity index (χ4n) is 3.42. The summed E-state index contributed by atoms with van der Waals surface area (Å²) in [6.07, 6.45) is 2.42. The minimum absolute atomic E-state index is 0.0622. The molecule has 0 amide bonds. The van der Waals surface area contributed by atoms with E-state index >= 15 is 0 Å². The molecule has 0 aromatic carbocycles. The number of hydrogen-bond donors (Lipinski definition) is 2. The molecule has 2 N–H and O–H groups in total. The Kier molecular flexibility index (Phi) is 4.93. The van der Waals surface area contributed by atoms with Crippen LogP contribution in [-0.2, 0) is 14.3 Å². The van der Waals surface area contributed by atoms with Crippen LogP contribution < -0.4 is 32.1 Å². The average molecular weight is 411 g/mol. The summed E-state index contributed by atoms with van der Waals surface area (Å²) in [5.74, 6) is -0.154. The van der Waals surface area contributed by atoms with E-state index in [0.717, 1.165) is 12.8 Å². The van der Waals surface area contributed by atoms with Crippen LogP contribution in [-0.4, -0.2) is 33.4 Å². The third-order valence-corrected chi connectivity index (χ3v) is 7.72. The summed E-state index contributed by atoms with van der Waals surface area (Å²) in [6, 6.07) is 0. The van der Waals surface area contributed by atoms with Crippen LogP contribution in [0.1, 0.15) is 47.5 Å². The van der Waals surface area contributed by atoms with E-state index in [1.54, 1.807) is 0 Å². The molecule has 2 rings (SSSR count). The number of alkyl halides is 2. The molecule has 1 heterocycles. The van der Waals surface area contributed by atoms with Gasteiger partial charge in [-0.25, -0.2) is 0 Å². The van der Waals surface area contributed by atoms with Crippen LogP contribution >= 0.6 is 0 Å². The number of ether oxygens (including phenoxy) is 2. The molecule has 5 nitrogen and oxygen atoms in total. The number of carbonyl (C=O) groups is 1. The zero-order valence-electron chi connectivity index (χ0n) is 13.9. The first-order valence-corrected chi connectivity index (χ1v) is 10.8. The number of carbonyl (C=O) groups excluding carboxylic acids is 1. The van der Waals surface area contributed by atoms with Crippen molar-refractivity contribution in [1.29, 1.82) is 0 Å². The van der Waals surface area contributed by atoms with Crippen molar-refractivity contribution in [3.8, 4) is 0 Å². The Hall–Kier alpha value is 0.0800. The van der Waals surface area contributed by atoms with Gasteiger partial charge < -0.3 is 0 Å². The third kappa shape index (κ3) is 3.71. The molecule has 1 aliphatic heterocycles. The second-order valence-corrected chi connectivity index (χ2v) is 10.1. The molecule has 0 aromatic rings. The Morgan fingerprint density at radius 3 is 2.14 bits per heavy atom. The van der Waals surface area contributed by atoms with E-state index in [-0.39, 0.29) is 60.5 Å². The second kappa shape index (κ2) is 5.94. The van der Waals surface area contributed by atoms with Gasteiger partial charge in [-0.2, -0.15) is 0 Å². The van der Waals surface area contributed by atoms with Crippen molar-refractivity contribution < 1.29 is 35.5 Å². The summed E-state index contributed by atoms with van der Waals surface area (Å²) in [5.41, 5.74) is 6.07.